The molecule has 0 saturated heterocycles. The van der Waals surface area contributed by atoms with Crippen molar-refractivity contribution in [2.24, 2.45) is 5.14 Å². The minimum absolute atomic E-state index is 1.01. The van der Waals surface area contributed by atoms with E-state index in [-0.39, 0.29) is 0 Å². The van der Waals surface area contributed by atoms with E-state index in [0.29, 0.717) is 0 Å². The third-order valence-corrected chi connectivity index (χ3v) is 3.06. The van der Waals surface area contributed by atoms with Crippen LogP contribution < -0.4 is 5.14 Å². The van der Waals surface area contributed by atoms with E-state index < -0.39 is 0 Å². The van der Waals surface area contributed by atoms with E-state index in [1.807, 2.05) is 5.38 Å². The molecule has 2 nitrogen and oxygen atoms in total. The monoisotopic (exact) mass is 164 g/mol. The molecule has 0 radical (unpaired) electrons. The maximum atomic E-state index is 5.17. The van der Waals surface area contributed by atoms with Crippen LogP contribution in [0, 0.1) is 0 Å². The lowest BCUT2D eigenvalue weighted by Gasteiger charge is -1.83. The predicted molar refractivity (Wildman–Crippen MR) is 39.7 cm³/mol. The van der Waals surface area contributed by atoms with Gasteiger partial charge in [-0.3, -0.25) is 5.14 Å². The average Bonchev–Trinajstić information content (AvgIpc) is 2.19. The van der Waals surface area contributed by atoms with Crippen molar-refractivity contribution >= 4 is 33.1 Å². The number of hydrogen-bond acceptors (Lipinski definition) is 5. The van der Waals surface area contributed by atoms with E-state index >= 15 is 0 Å². The van der Waals surface area contributed by atoms with Crippen molar-refractivity contribution < 1.29 is 0 Å². The predicted octanol–water partition coefficient (Wildman–Crippen LogP) is 1.76. The second kappa shape index (κ2) is 3.34. The lowest BCUT2D eigenvalue weighted by Crippen LogP contribution is -1.68. The van der Waals surface area contributed by atoms with Crippen LogP contribution in [0.15, 0.2) is 15.9 Å². The van der Waals surface area contributed by atoms with Gasteiger partial charge in [-0.05, 0) is 21.8 Å². The maximum absolute atomic E-state index is 5.17. The van der Waals surface area contributed by atoms with Crippen molar-refractivity contribution in [3.63, 3.8) is 0 Å². The van der Waals surface area contributed by atoms with Crippen molar-refractivity contribution in [2.75, 3.05) is 0 Å². The van der Waals surface area contributed by atoms with Gasteiger partial charge >= 0.3 is 0 Å². The van der Waals surface area contributed by atoms with Crippen LogP contribution in [0.2, 0.25) is 0 Å². The van der Waals surface area contributed by atoms with Gasteiger partial charge in [-0.2, -0.15) is 0 Å². The Hall–Kier alpha value is 0.290. The van der Waals surface area contributed by atoms with E-state index in [4.69, 9.17) is 5.14 Å². The topological polar surface area (TPSA) is 38.9 Å². The van der Waals surface area contributed by atoms with Crippen LogP contribution in [-0.4, -0.2) is 4.98 Å². The molecule has 0 unspecified atom stereocenters. The largest absolute Gasteiger partial charge is 0.268 e. The molecule has 44 valence electrons. The number of nitrogens with two attached hydrogens (primary N) is 1. The second-order valence-electron chi connectivity index (χ2n) is 0.978. The SMILES string of the molecule is NSSc1nccs1. The van der Waals surface area contributed by atoms with E-state index in [1.165, 1.54) is 21.8 Å². The van der Waals surface area contributed by atoms with Crippen LogP contribution in [0.25, 0.3) is 0 Å². The summed E-state index contributed by atoms with van der Waals surface area (Å²) in [6.07, 6.45) is 1.77. The summed E-state index contributed by atoms with van der Waals surface area (Å²) in [6.45, 7) is 0. The van der Waals surface area contributed by atoms with Crippen LogP contribution >= 0.6 is 33.1 Å². The molecule has 0 aliphatic rings. The van der Waals surface area contributed by atoms with Crippen molar-refractivity contribution in [3.8, 4) is 0 Å². The highest BCUT2D eigenvalue weighted by Crippen LogP contribution is 2.27. The zero-order chi connectivity index (χ0) is 5.82. The van der Waals surface area contributed by atoms with E-state index in [0.717, 1.165) is 4.34 Å². The van der Waals surface area contributed by atoms with Crippen LogP contribution in [-0.2, 0) is 0 Å². The highest BCUT2D eigenvalue weighted by atomic mass is 33.1. The van der Waals surface area contributed by atoms with Crippen LogP contribution in [0.3, 0.4) is 0 Å². The Kier molecular flexibility index (Phi) is 2.68. The van der Waals surface area contributed by atoms with E-state index in [2.05, 4.69) is 4.98 Å². The number of hydrogen-bond donors (Lipinski definition) is 1. The smallest absolute Gasteiger partial charge is 0.161 e. The van der Waals surface area contributed by atoms with E-state index in [1.54, 1.807) is 17.5 Å². The van der Waals surface area contributed by atoms with Gasteiger partial charge in [-0.15, -0.1) is 11.3 Å². The van der Waals surface area contributed by atoms with Gasteiger partial charge in [0.2, 0.25) is 0 Å². The average molecular weight is 164 g/mol. The molecule has 0 amide bonds. The summed E-state index contributed by atoms with van der Waals surface area (Å²) in [4.78, 5) is 3.99. The van der Waals surface area contributed by atoms with Crippen LogP contribution in [0.1, 0.15) is 0 Å². The highest BCUT2D eigenvalue weighted by molar-refractivity contribution is 8.76. The number of nitrogens with zero attached hydrogens (tertiary/aromatic N) is 1. The molecular weight excluding hydrogens is 160 g/mol. The molecule has 0 aromatic carbocycles. The van der Waals surface area contributed by atoms with E-state index in [9.17, 15) is 0 Å². The van der Waals surface area contributed by atoms with Gasteiger partial charge in [0.1, 0.15) is 0 Å². The molecule has 0 saturated carbocycles. The minimum atomic E-state index is 1.01. The lowest BCUT2D eigenvalue weighted by atomic mass is 11.0. The second-order valence-corrected chi connectivity index (χ2v) is 3.95. The summed E-state index contributed by atoms with van der Waals surface area (Å²) in [7, 11) is 2.71. The molecule has 0 atom stereocenters. The molecule has 8 heavy (non-hydrogen) atoms. The first-order valence-corrected chi connectivity index (χ1v) is 4.95. The Bertz CT molecular complexity index is 138. The minimum Gasteiger partial charge on any atom is -0.268 e. The molecular formula is C3H4N2S3. The molecule has 0 aliphatic heterocycles. The molecule has 1 aromatic rings. The first-order valence-electron chi connectivity index (χ1n) is 1.86. The Morgan fingerprint density at radius 1 is 1.75 bits per heavy atom. The van der Waals surface area contributed by atoms with Gasteiger partial charge in [-0.25, -0.2) is 4.98 Å². The Morgan fingerprint density at radius 3 is 3.12 bits per heavy atom. The summed E-state index contributed by atoms with van der Waals surface area (Å²) >= 11 is 1.60. The summed E-state index contributed by atoms with van der Waals surface area (Å²) < 4.78 is 1.01. The van der Waals surface area contributed by atoms with Crippen LogP contribution in [0.5, 0.6) is 0 Å². The third kappa shape index (κ3) is 1.66. The summed E-state index contributed by atoms with van der Waals surface area (Å²) in [6, 6.07) is 0. The molecule has 2 N–H and O–H groups in total. The Labute approximate surface area is 59.4 Å². The van der Waals surface area contributed by atoms with Gasteiger partial charge in [0, 0.05) is 11.6 Å². The van der Waals surface area contributed by atoms with Gasteiger partial charge in [-0.1, -0.05) is 0 Å². The summed E-state index contributed by atoms with van der Waals surface area (Å²) in [5.74, 6) is 0. The molecule has 0 spiro atoms. The molecule has 0 fully saturated rings. The van der Waals surface area contributed by atoms with Crippen molar-refractivity contribution in [3.05, 3.63) is 11.6 Å². The summed E-state index contributed by atoms with van der Waals surface area (Å²) in [5.41, 5.74) is 0. The molecule has 1 heterocycles. The number of thiazole rings is 1. The first-order chi connectivity index (χ1) is 3.93. The quantitative estimate of drug-likeness (QED) is 0.534. The van der Waals surface area contributed by atoms with Gasteiger partial charge in [0.05, 0.1) is 0 Å². The van der Waals surface area contributed by atoms with Gasteiger partial charge in [0.25, 0.3) is 0 Å². The Balaban J connectivity index is 2.50. The van der Waals surface area contributed by atoms with Crippen LogP contribution in [0.4, 0.5) is 0 Å². The molecule has 0 aliphatic carbocycles. The molecule has 1 aromatic heterocycles. The molecule has 1 rings (SSSR count). The molecule has 0 bridgehead atoms. The Morgan fingerprint density at radius 2 is 2.62 bits per heavy atom. The fourth-order valence-electron chi connectivity index (χ4n) is 0.293. The molecule has 5 heteroatoms. The normalized spacial score (nSPS) is 9.62. The first kappa shape index (κ1) is 6.41. The lowest BCUT2D eigenvalue weighted by molar-refractivity contribution is 1.26. The van der Waals surface area contributed by atoms with Crippen molar-refractivity contribution in [1.82, 2.24) is 4.98 Å². The van der Waals surface area contributed by atoms with Crippen molar-refractivity contribution in [2.45, 2.75) is 4.34 Å². The van der Waals surface area contributed by atoms with Gasteiger partial charge < -0.3 is 0 Å². The fourth-order valence-corrected chi connectivity index (χ4v) is 2.25. The van der Waals surface area contributed by atoms with Gasteiger partial charge in [0.15, 0.2) is 4.34 Å². The maximum Gasteiger partial charge on any atom is 0.161 e. The third-order valence-electron chi connectivity index (χ3n) is 0.529. The van der Waals surface area contributed by atoms with Crippen molar-refractivity contribution in [1.29, 1.82) is 0 Å². The zero-order valence-electron chi connectivity index (χ0n) is 3.90. The standard InChI is InChI=1S/C3H4N2S3/c4-8-7-3-5-1-2-6-3/h1-2H,4H2. The zero-order valence-corrected chi connectivity index (χ0v) is 6.35. The highest BCUT2D eigenvalue weighted by Gasteiger charge is 1.91. The summed E-state index contributed by atoms with van der Waals surface area (Å²) in [5, 5.41) is 7.10. The number of rotatable bonds is 2. The number of aromatic nitrogens is 1. The fraction of sp³-hybridized carbons (Fsp3) is 0.